The molecular weight excluding hydrogens is 208 g/mol. The van der Waals surface area contributed by atoms with E-state index in [1.54, 1.807) is 6.20 Å². The number of rotatable bonds is 3. The van der Waals surface area contributed by atoms with E-state index in [-0.39, 0.29) is 0 Å². The molecule has 11 heavy (non-hydrogen) atoms. The maximum Gasteiger partial charge on any atom is 0.0735 e. The van der Waals surface area contributed by atoms with E-state index in [0.29, 0.717) is 6.61 Å². The molecule has 0 atom stereocenters. The fraction of sp³-hybridized carbons (Fsp3) is 0.286. The summed E-state index contributed by atoms with van der Waals surface area (Å²) in [6.45, 7) is 0.496. The van der Waals surface area contributed by atoms with Crippen molar-refractivity contribution < 1.29 is 4.84 Å². The summed E-state index contributed by atoms with van der Waals surface area (Å²) in [4.78, 5) is 8.57. The lowest BCUT2D eigenvalue weighted by Crippen LogP contribution is -2.05. The van der Waals surface area contributed by atoms with E-state index in [2.05, 4.69) is 25.8 Å². The minimum atomic E-state index is 0.496. The second kappa shape index (κ2) is 4.43. The van der Waals surface area contributed by atoms with Crippen LogP contribution in [-0.2, 0) is 11.3 Å². The average Bonchev–Trinajstić information content (AvgIpc) is 2.03. The summed E-state index contributed by atoms with van der Waals surface area (Å²) < 4.78 is 0.997. The second-order valence-corrected chi connectivity index (χ2v) is 2.91. The molecule has 4 heteroatoms. The van der Waals surface area contributed by atoms with Crippen LogP contribution in [0.15, 0.2) is 22.8 Å². The number of halogens is 1. The molecule has 60 valence electrons. The predicted octanol–water partition coefficient (Wildman–Crippen LogP) is 1.28. The molecule has 2 N–H and O–H groups in total. The topological polar surface area (TPSA) is 48.1 Å². The van der Waals surface area contributed by atoms with Gasteiger partial charge in [0.2, 0.25) is 0 Å². The summed E-state index contributed by atoms with van der Waals surface area (Å²) in [6, 6.07) is 3.82. The first-order valence-corrected chi connectivity index (χ1v) is 4.05. The quantitative estimate of drug-likeness (QED) is 0.775. The molecule has 0 amide bonds. The number of nitrogens with zero attached hydrogens (tertiary/aromatic N) is 1. The zero-order valence-electron chi connectivity index (χ0n) is 5.96. The number of hydrogen-bond donors (Lipinski definition) is 1. The van der Waals surface area contributed by atoms with E-state index < -0.39 is 0 Å². The number of aromatic nitrogens is 1. The fourth-order valence-electron chi connectivity index (χ4n) is 0.758. The van der Waals surface area contributed by atoms with Crippen LogP contribution in [0.3, 0.4) is 0 Å². The summed E-state index contributed by atoms with van der Waals surface area (Å²) >= 11 is 3.37. The third-order valence-electron chi connectivity index (χ3n) is 1.29. The Hall–Kier alpha value is -0.450. The molecule has 3 nitrogen and oxygen atoms in total. The van der Waals surface area contributed by atoms with Crippen molar-refractivity contribution in [2.24, 2.45) is 5.90 Å². The zero-order valence-corrected chi connectivity index (χ0v) is 7.54. The third-order valence-corrected chi connectivity index (χ3v) is 2.01. The van der Waals surface area contributed by atoms with Gasteiger partial charge in [-0.25, -0.2) is 5.90 Å². The molecule has 1 aromatic rings. The summed E-state index contributed by atoms with van der Waals surface area (Å²) in [5.74, 6) is 4.88. The monoisotopic (exact) mass is 216 g/mol. The fourth-order valence-corrected chi connectivity index (χ4v) is 1.21. The highest BCUT2D eigenvalue weighted by Crippen LogP contribution is 2.13. The maximum absolute atomic E-state index is 4.88. The molecule has 0 aliphatic carbocycles. The van der Waals surface area contributed by atoms with Gasteiger partial charge in [-0.3, -0.25) is 4.98 Å². The standard InChI is InChI=1S/C7H9BrN2O/c8-6-2-1-4-10-7(6)3-5-11-9/h1-2,4H,3,5,9H2. The van der Waals surface area contributed by atoms with Crippen LogP contribution in [0, 0.1) is 0 Å². The lowest BCUT2D eigenvalue weighted by molar-refractivity contribution is 0.140. The summed E-state index contributed by atoms with van der Waals surface area (Å²) in [6.07, 6.45) is 2.48. The Morgan fingerprint density at radius 3 is 3.09 bits per heavy atom. The second-order valence-electron chi connectivity index (χ2n) is 2.05. The molecule has 0 spiro atoms. The number of nitrogens with two attached hydrogens (primary N) is 1. The maximum atomic E-state index is 4.88. The summed E-state index contributed by atoms with van der Waals surface area (Å²) in [7, 11) is 0. The zero-order chi connectivity index (χ0) is 8.10. The van der Waals surface area contributed by atoms with Crippen molar-refractivity contribution in [2.75, 3.05) is 6.61 Å². The van der Waals surface area contributed by atoms with Crippen LogP contribution < -0.4 is 5.90 Å². The Kier molecular flexibility index (Phi) is 3.48. The molecule has 1 aromatic heterocycles. The number of pyridine rings is 1. The lowest BCUT2D eigenvalue weighted by atomic mass is 10.3. The van der Waals surface area contributed by atoms with Gasteiger partial charge in [0.25, 0.3) is 0 Å². The molecule has 0 bridgehead atoms. The molecule has 1 heterocycles. The van der Waals surface area contributed by atoms with E-state index in [4.69, 9.17) is 5.90 Å². The van der Waals surface area contributed by atoms with Crippen LogP contribution >= 0.6 is 15.9 Å². The van der Waals surface area contributed by atoms with Crippen LogP contribution in [0.4, 0.5) is 0 Å². The molecule has 0 fully saturated rings. The lowest BCUT2D eigenvalue weighted by Gasteiger charge is -2.00. The Morgan fingerprint density at radius 1 is 1.64 bits per heavy atom. The van der Waals surface area contributed by atoms with Gasteiger partial charge in [0, 0.05) is 17.1 Å². The summed E-state index contributed by atoms with van der Waals surface area (Å²) in [5, 5.41) is 0. The highest BCUT2D eigenvalue weighted by molar-refractivity contribution is 9.10. The first-order chi connectivity index (χ1) is 5.34. The van der Waals surface area contributed by atoms with Crippen LogP contribution in [0.2, 0.25) is 0 Å². The third kappa shape index (κ3) is 2.57. The molecule has 0 saturated heterocycles. The smallest absolute Gasteiger partial charge is 0.0735 e. The van der Waals surface area contributed by atoms with Crippen LogP contribution in [0.25, 0.3) is 0 Å². The Balaban J connectivity index is 2.62. The SMILES string of the molecule is NOCCc1ncccc1Br. The van der Waals surface area contributed by atoms with E-state index in [1.165, 1.54) is 0 Å². The van der Waals surface area contributed by atoms with Gasteiger partial charge in [0.15, 0.2) is 0 Å². The highest BCUT2D eigenvalue weighted by atomic mass is 79.9. The van der Waals surface area contributed by atoms with E-state index in [0.717, 1.165) is 16.6 Å². The Morgan fingerprint density at radius 2 is 2.45 bits per heavy atom. The van der Waals surface area contributed by atoms with Gasteiger partial charge in [-0.05, 0) is 28.1 Å². The molecule has 0 radical (unpaired) electrons. The largest absolute Gasteiger partial charge is 0.304 e. The molecule has 0 unspecified atom stereocenters. The predicted molar refractivity (Wildman–Crippen MR) is 45.8 cm³/mol. The minimum Gasteiger partial charge on any atom is -0.304 e. The van der Waals surface area contributed by atoms with Crippen molar-refractivity contribution >= 4 is 15.9 Å². The molecule has 1 rings (SSSR count). The molecule has 0 aliphatic heterocycles. The van der Waals surface area contributed by atoms with Crippen molar-refractivity contribution in [2.45, 2.75) is 6.42 Å². The van der Waals surface area contributed by atoms with Gasteiger partial charge in [0.1, 0.15) is 0 Å². The van der Waals surface area contributed by atoms with Crippen LogP contribution in [-0.4, -0.2) is 11.6 Å². The average molecular weight is 217 g/mol. The van der Waals surface area contributed by atoms with Gasteiger partial charge in [-0.1, -0.05) is 0 Å². The van der Waals surface area contributed by atoms with Gasteiger partial charge in [0.05, 0.1) is 12.3 Å². The van der Waals surface area contributed by atoms with Crippen LogP contribution in [0.5, 0.6) is 0 Å². The first kappa shape index (κ1) is 8.64. The van der Waals surface area contributed by atoms with Crippen LogP contribution in [0.1, 0.15) is 5.69 Å². The van der Waals surface area contributed by atoms with Gasteiger partial charge in [-0.15, -0.1) is 0 Å². The Labute approximate surface area is 73.7 Å². The van der Waals surface area contributed by atoms with Gasteiger partial charge < -0.3 is 4.84 Å². The van der Waals surface area contributed by atoms with Crippen molar-refractivity contribution in [3.8, 4) is 0 Å². The van der Waals surface area contributed by atoms with E-state index >= 15 is 0 Å². The Bertz CT molecular complexity index is 229. The minimum absolute atomic E-state index is 0.496. The normalized spacial score (nSPS) is 10.0. The van der Waals surface area contributed by atoms with Crippen molar-refractivity contribution in [3.05, 3.63) is 28.5 Å². The van der Waals surface area contributed by atoms with Gasteiger partial charge in [-0.2, -0.15) is 0 Å². The van der Waals surface area contributed by atoms with Gasteiger partial charge >= 0.3 is 0 Å². The highest BCUT2D eigenvalue weighted by Gasteiger charge is 1.98. The number of hydrogen-bond acceptors (Lipinski definition) is 3. The van der Waals surface area contributed by atoms with Crippen molar-refractivity contribution in [1.29, 1.82) is 0 Å². The van der Waals surface area contributed by atoms with Crippen molar-refractivity contribution in [3.63, 3.8) is 0 Å². The van der Waals surface area contributed by atoms with Crippen molar-refractivity contribution in [1.82, 2.24) is 4.98 Å². The summed E-state index contributed by atoms with van der Waals surface area (Å²) in [5.41, 5.74) is 0.970. The molecule has 0 aliphatic rings. The molecule has 0 saturated carbocycles. The van der Waals surface area contributed by atoms with E-state index in [9.17, 15) is 0 Å². The first-order valence-electron chi connectivity index (χ1n) is 3.25. The molecule has 0 aromatic carbocycles. The van der Waals surface area contributed by atoms with E-state index in [1.807, 2.05) is 12.1 Å². The molecular formula is C7H9BrN2O.